The fourth-order valence-corrected chi connectivity index (χ4v) is 3.41. The number of hydrogen-bond acceptors (Lipinski definition) is 1. The number of aromatic amines is 1. The summed E-state index contributed by atoms with van der Waals surface area (Å²) in [4.78, 5) is 15.5. The Kier molecular flexibility index (Phi) is 5.29. The van der Waals surface area contributed by atoms with E-state index in [0.29, 0.717) is 11.6 Å². The normalized spacial score (nSPS) is 12.1. The van der Waals surface area contributed by atoms with Crippen LogP contribution in [-0.4, -0.2) is 17.6 Å². The summed E-state index contributed by atoms with van der Waals surface area (Å²) in [6.07, 6.45) is 0.781. The van der Waals surface area contributed by atoms with Crippen LogP contribution in [0.15, 0.2) is 48.5 Å². The first-order valence-corrected chi connectivity index (χ1v) is 8.79. The van der Waals surface area contributed by atoms with E-state index in [0.717, 1.165) is 23.2 Å². The average Bonchev–Trinajstić information content (AvgIpc) is 2.91. The lowest BCUT2D eigenvalue weighted by atomic mass is 10.1. The lowest BCUT2D eigenvalue weighted by Gasteiger charge is -2.16. The zero-order valence-corrected chi connectivity index (χ0v) is 15.2. The minimum absolute atomic E-state index is 0.150. The summed E-state index contributed by atoms with van der Waals surface area (Å²) in [7, 11) is 0. The van der Waals surface area contributed by atoms with Crippen LogP contribution in [0.2, 0.25) is 5.02 Å². The molecule has 130 valence electrons. The van der Waals surface area contributed by atoms with E-state index in [-0.39, 0.29) is 12.1 Å². The summed E-state index contributed by atoms with van der Waals surface area (Å²) in [6, 6.07) is 15.4. The number of benzene rings is 2. The zero-order chi connectivity index (χ0) is 17.8. The second-order valence-corrected chi connectivity index (χ2v) is 6.57. The van der Waals surface area contributed by atoms with E-state index in [2.05, 4.69) is 34.7 Å². The van der Waals surface area contributed by atoms with Gasteiger partial charge in [0.25, 0.3) is 0 Å². The molecule has 4 nitrogen and oxygen atoms in total. The van der Waals surface area contributed by atoms with E-state index in [1.807, 2.05) is 43.3 Å². The predicted octanol–water partition coefficient (Wildman–Crippen LogP) is 4.73. The van der Waals surface area contributed by atoms with Crippen LogP contribution in [-0.2, 0) is 6.42 Å². The third kappa shape index (κ3) is 3.97. The molecular formula is C20H22ClN3O. The number of urea groups is 1. The largest absolute Gasteiger partial charge is 0.358 e. The maximum absolute atomic E-state index is 12.1. The molecule has 0 aliphatic heterocycles. The van der Waals surface area contributed by atoms with Crippen molar-refractivity contribution >= 4 is 28.5 Å². The molecule has 0 radical (unpaired) electrons. The standard InChI is InChI=1S/C20H22ClN3O/c1-13-15(17-8-4-6-10-19(17)23-13)11-12-22-20(25)24-14(2)16-7-3-5-9-18(16)21/h3-10,14,23H,11-12H2,1-2H3,(H2,22,24,25). The van der Waals surface area contributed by atoms with Crippen molar-refractivity contribution in [2.75, 3.05) is 6.54 Å². The minimum Gasteiger partial charge on any atom is -0.358 e. The first-order valence-electron chi connectivity index (χ1n) is 8.41. The van der Waals surface area contributed by atoms with Crippen LogP contribution >= 0.6 is 11.6 Å². The number of halogens is 1. The Balaban J connectivity index is 1.56. The van der Waals surface area contributed by atoms with E-state index >= 15 is 0 Å². The van der Waals surface area contributed by atoms with Crippen LogP contribution in [0, 0.1) is 6.92 Å². The van der Waals surface area contributed by atoms with Crippen molar-refractivity contribution in [3.05, 3.63) is 70.4 Å². The van der Waals surface area contributed by atoms with Crippen LogP contribution in [0.3, 0.4) is 0 Å². The van der Waals surface area contributed by atoms with E-state index in [4.69, 9.17) is 11.6 Å². The minimum atomic E-state index is -0.190. The Morgan fingerprint density at radius 2 is 1.88 bits per heavy atom. The molecule has 0 fully saturated rings. The fourth-order valence-electron chi connectivity index (χ4n) is 3.11. The first kappa shape index (κ1) is 17.4. The topological polar surface area (TPSA) is 56.9 Å². The first-order chi connectivity index (χ1) is 12.1. The van der Waals surface area contributed by atoms with E-state index in [9.17, 15) is 4.79 Å². The molecule has 0 spiro atoms. The van der Waals surface area contributed by atoms with Gasteiger partial charge < -0.3 is 15.6 Å². The van der Waals surface area contributed by atoms with Crippen molar-refractivity contribution in [3.63, 3.8) is 0 Å². The van der Waals surface area contributed by atoms with Gasteiger partial charge in [-0.2, -0.15) is 0 Å². The van der Waals surface area contributed by atoms with Gasteiger partial charge in [0, 0.05) is 28.2 Å². The molecule has 3 N–H and O–H groups in total. The van der Waals surface area contributed by atoms with Crippen molar-refractivity contribution in [2.45, 2.75) is 26.3 Å². The van der Waals surface area contributed by atoms with E-state index in [1.165, 1.54) is 10.9 Å². The Labute approximate surface area is 152 Å². The molecule has 0 aliphatic carbocycles. The summed E-state index contributed by atoms with van der Waals surface area (Å²) < 4.78 is 0. The van der Waals surface area contributed by atoms with Gasteiger partial charge >= 0.3 is 6.03 Å². The molecule has 1 aromatic heterocycles. The van der Waals surface area contributed by atoms with E-state index in [1.54, 1.807) is 0 Å². The molecule has 5 heteroatoms. The summed E-state index contributed by atoms with van der Waals surface area (Å²) in [5.41, 5.74) is 4.43. The predicted molar refractivity (Wildman–Crippen MR) is 103 cm³/mol. The maximum atomic E-state index is 12.1. The van der Waals surface area contributed by atoms with Crippen LogP contribution in [0.25, 0.3) is 10.9 Å². The van der Waals surface area contributed by atoms with Crippen molar-refractivity contribution in [3.8, 4) is 0 Å². The Morgan fingerprint density at radius 1 is 1.16 bits per heavy atom. The molecule has 2 amide bonds. The third-order valence-corrected chi connectivity index (χ3v) is 4.75. The summed E-state index contributed by atoms with van der Waals surface area (Å²) >= 11 is 6.17. The van der Waals surface area contributed by atoms with Crippen molar-refractivity contribution < 1.29 is 4.79 Å². The Morgan fingerprint density at radius 3 is 2.68 bits per heavy atom. The monoisotopic (exact) mass is 355 g/mol. The van der Waals surface area contributed by atoms with Crippen molar-refractivity contribution in [1.29, 1.82) is 0 Å². The maximum Gasteiger partial charge on any atom is 0.315 e. The van der Waals surface area contributed by atoms with Crippen LogP contribution < -0.4 is 10.6 Å². The van der Waals surface area contributed by atoms with Crippen molar-refractivity contribution in [2.24, 2.45) is 0 Å². The highest BCUT2D eigenvalue weighted by atomic mass is 35.5. The highest BCUT2D eigenvalue weighted by Crippen LogP contribution is 2.23. The molecule has 1 unspecified atom stereocenters. The molecule has 0 bridgehead atoms. The zero-order valence-electron chi connectivity index (χ0n) is 14.4. The molecule has 3 aromatic rings. The summed E-state index contributed by atoms with van der Waals surface area (Å²) in [6.45, 7) is 4.56. The van der Waals surface area contributed by atoms with Crippen LogP contribution in [0.5, 0.6) is 0 Å². The highest BCUT2D eigenvalue weighted by Gasteiger charge is 2.12. The van der Waals surface area contributed by atoms with Gasteiger partial charge in [-0.1, -0.05) is 48.0 Å². The number of H-pyrrole nitrogens is 1. The Bertz CT molecular complexity index is 888. The van der Waals surface area contributed by atoms with Gasteiger partial charge in [-0.15, -0.1) is 0 Å². The summed E-state index contributed by atoms with van der Waals surface area (Å²) in [5, 5.41) is 7.72. The molecule has 0 saturated carbocycles. The highest BCUT2D eigenvalue weighted by molar-refractivity contribution is 6.31. The smallest absolute Gasteiger partial charge is 0.315 e. The molecule has 1 heterocycles. The van der Waals surface area contributed by atoms with Gasteiger partial charge in [-0.25, -0.2) is 4.79 Å². The van der Waals surface area contributed by atoms with Crippen molar-refractivity contribution in [1.82, 2.24) is 15.6 Å². The average molecular weight is 356 g/mol. The number of carbonyl (C=O) groups is 1. The van der Waals surface area contributed by atoms with Crippen LogP contribution in [0.4, 0.5) is 4.79 Å². The molecule has 1 atom stereocenters. The number of aromatic nitrogens is 1. The van der Waals surface area contributed by atoms with Gasteiger partial charge in [-0.05, 0) is 43.5 Å². The van der Waals surface area contributed by atoms with E-state index < -0.39 is 0 Å². The molecule has 25 heavy (non-hydrogen) atoms. The quantitative estimate of drug-likeness (QED) is 0.608. The number of fused-ring (bicyclic) bond motifs is 1. The van der Waals surface area contributed by atoms with Crippen LogP contribution in [0.1, 0.15) is 29.8 Å². The molecular weight excluding hydrogens is 334 g/mol. The molecule has 2 aromatic carbocycles. The fraction of sp³-hybridized carbons (Fsp3) is 0.250. The van der Waals surface area contributed by atoms with Gasteiger partial charge in [0.15, 0.2) is 0 Å². The lowest BCUT2D eigenvalue weighted by molar-refractivity contribution is 0.238. The number of para-hydroxylation sites is 1. The van der Waals surface area contributed by atoms with Gasteiger partial charge in [-0.3, -0.25) is 0 Å². The van der Waals surface area contributed by atoms with Gasteiger partial charge in [0.1, 0.15) is 0 Å². The molecule has 3 rings (SSSR count). The number of hydrogen-bond donors (Lipinski definition) is 3. The second kappa shape index (κ2) is 7.62. The number of carbonyl (C=O) groups excluding carboxylic acids is 1. The summed E-state index contributed by atoms with van der Waals surface area (Å²) in [5.74, 6) is 0. The lowest BCUT2D eigenvalue weighted by Crippen LogP contribution is -2.38. The SMILES string of the molecule is Cc1[nH]c2ccccc2c1CCNC(=O)NC(C)c1ccccc1Cl. The number of aryl methyl sites for hydroxylation is 1. The number of amides is 2. The second-order valence-electron chi connectivity index (χ2n) is 6.17. The molecule has 0 saturated heterocycles. The number of nitrogens with one attached hydrogen (secondary N) is 3. The Hall–Kier alpha value is -2.46. The molecule has 0 aliphatic rings. The number of rotatable bonds is 5. The van der Waals surface area contributed by atoms with Gasteiger partial charge in [0.05, 0.1) is 6.04 Å². The van der Waals surface area contributed by atoms with Gasteiger partial charge in [0.2, 0.25) is 0 Å². The third-order valence-electron chi connectivity index (χ3n) is 4.41.